The Morgan fingerprint density at radius 2 is 1.95 bits per heavy atom. The lowest BCUT2D eigenvalue weighted by molar-refractivity contribution is 0.318. The summed E-state index contributed by atoms with van der Waals surface area (Å²) in [6.45, 7) is 2.13. The van der Waals surface area contributed by atoms with E-state index in [1.165, 1.54) is 25.7 Å². The van der Waals surface area contributed by atoms with Gasteiger partial charge in [0.1, 0.15) is 0 Å². The maximum Gasteiger partial charge on any atom is 0.172 e. The fourth-order valence-electron chi connectivity index (χ4n) is 2.40. The molecule has 0 amide bonds. The number of pyridine rings is 1. The minimum Gasteiger partial charge on any atom is -0.409 e. The van der Waals surface area contributed by atoms with Gasteiger partial charge in [-0.3, -0.25) is 4.98 Å². The van der Waals surface area contributed by atoms with E-state index < -0.39 is 0 Å². The Bertz CT molecular complexity index is 466. The van der Waals surface area contributed by atoms with Gasteiger partial charge in [0.2, 0.25) is 0 Å². The summed E-state index contributed by atoms with van der Waals surface area (Å²) in [7, 11) is 0. The third kappa shape index (κ3) is 2.97. The van der Waals surface area contributed by atoms with Crippen LogP contribution in [-0.4, -0.2) is 29.1 Å². The van der Waals surface area contributed by atoms with Crippen molar-refractivity contribution in [2.45, 2.75) is 25.7 Å². The minimum atomic E-state index is 0.161. The second kappa shape index (κ2) is 5.07. The van der Waals surface area contributed by atoms with Crippen molar-refractivity contribution >= 4 is 11.5 Å². The van der Waals surface area contributed by atoms with Gasteiger partial charge in [0.05, 0.1) is 11.9 Å². The van der Waals surface area contributed by atoms with E-state index in [2.05, 4.69) is 15.0 Å². The van der Waals surface area contributed by atoms with E-state index in [9.17, 15) is 0 Å². The van der Waals surface area contributed by atoms with E-state index in [-0.39, 0.29) is 5.84 Å². The maximum atomic E-state index is 8.91. The van der Waals surface area contributed by atoms with Gasteiger partial charge in [0.15, 0.2) is 5.84 Å². The van der Waals surface area contributed by atoms with Gasteiger partial charge >= 0.3 is 0 Å². The molecule has 0 atom stereocenters. The predicted octanol–water partition coefficient (Wildman–Crippen LogP) is 1.80. The van der Waals surface area contributed by atoms with Crippen LogP contribution in [0.5, 0.6) is 0 Å². The molecule has 2 saturated carbocycles. The lowest BCUT2D eigenvalue weighted by Crippen LogP contribution is -2.30. The van der Waals surface area contributed by atoms with Crippen LogP contribution in [0.15, 0.2) is 23.6 Å². The quantitative estimate of drug-likeness (QED) is 0.354. The Hall–Kier alpha value is -1.78. The number of hydrogen-bond donors (Lipinski definition) is 2. The molecule has 0 bridgehead atoms. The Kier molecular flexibility index (Phi) is 3.27. The Morgan fingerprint density at radius 1 is 1.32 bits per heavy atom. The normalized spacial score (nSPS) is 19.5. The molecule has 2 aliphatic carbocycles. The van der Waals surface area contributed by atoms with E-state index in [1.807, 2.05) is 12.3 Å². The second-order valence-corrected chi connectivity index (χ2v) is 5.67. The molecule has 102 valence electrons. The summed E-state index contributed by atoms with van der Waals surface area (Å²) in [6.07, 6.45) is 8.79. The number of aromatic nitrogens is 1. The van der Waals surface area contributed by atoms with Gasteiger partial charge in [-0.15, -0.1) is 0 Å². The van der Waals surface area contributed by atoms with E-state index in [0.717, 1.165) is 36.2 Å². The van der Waals surface area contributed by atoms with Crippen molar-refractivity contribution in [3.8, 4) is 0 Å². The fraction of sp³-hybridized carbons (Fsp3) is 0.571. The van der Waals surface area contributed by atoms with Gasteiger partial charge < -0.3 is 15.8 Å². The van der Waals surface area contributed by atoms with Crippen molar-refractivity contribution in [1.82, 2.24) is 4.98 Å². The van der Waals surface area contributed by atoms with Crippen molar-refractivity contribution < 1.29 is 5.21 Å². The monoisotopic (exact) mass is 260 g/mol. The molecule has 19 heavy (non-hydrogen) atoms. The van der Waals surface area contributed by atoms with Gasteiger partial charge in [-0.1, -0.05) is 5.16 Å². The summed E-state index contributed by atoms with van der Waals surface area (Å²) in [5, 5.41) is 12.0. The number of rotatable bonds is 6. The second-order valence-electron chi connectivity index (χ2n) is 5.67. The van der Waals surface area contributed by atoms with E-state index in [1.54, 1.807) is 6.20 Å². The van der Waals surface area contributed by atoms with Crippen LogP contribution in [0.1, 0.15) is 31.2 Å². The maximum absolute atomic E-state index is 8.91. The SMILES string of the molecule is N/C(=N/O)c1ccncc1N(CC1CC1)CC1CC1. The fourth-order valence-corrected chi connectivity index (χ4v) is 2.40. The molecule has 1 aromatic rings. The zero-order valence-electron chi connectivity index (χ0n) is 11.0. The van der Waals surface area contributed by atoms with Gasteiger partial charge in [-0.2, -0.15) is 0 Å². The number of oxime groups is 1. The van der Waals surface area contributed by atoms with Crippen LogP contribution in [0, 0.1) is 11.8 Å². The summed E-state index contributed by atoms with van der Waals surface area (Å²) in [5.41, 5.74) is 7.54. The van der Waals surface area contributed by atoms with Crippen LogP contribution in [-0.2, 0) is 0 Å². The Balaban J connectivity index is 1.86. The summed E-state index contributed by atoms with van der Waals surface area (Å²) in [6, 6.07) is 1.82. The van der Waals surface area contributed by atoms with Crippen molar-refractivity contribution in [3.63, 3.8) is 0 Å². The first-order valence-electron chi connectivity index (χ1n) is 6.94. The highest BCUT2D eigenvalue weighted by molar-refractivity contribution is 6.02. The molecular weight excluding hydrogens is 240 g/mol. The Labute approximate surface area is 113 Å². The van der Waals surface area contributed by atoms with Gasteiger partial charge in [-0.05, 0) is 43.6 Å². The molecule has 0 spiro atoms. The molecule has 0 aliphatic heterocycles. The molecule has 5 heteroatoms. The molecule has 0 aromatic carbocycles. The van der Waals surface area contributed by atoms with Crippen LogP contribution in [0.25, 0.3) is 0 Å². The molecule has 5 nitrogen and oxygen atoms in total. The molecule has 3 rings (SSSR count). The van der Waals surface area contributed by atoms with Crippen LogP contribution in [0.2, 0.25) is 0 Å². The van der Waals surface area contributed by atoms with Gasteiger partial charge in [0, 0.05) is 24.8 Å². The first-order valence-corrected chi connectivity index (χ1v) is 6.94. The molecule has 2 fully saturated rings. The summed E-state index contributed by atoms with van der Waals surface area (Å²) < 4.78 is 0. The zero-order valence-corrected chi connectivity index (χ0v) is 11.0. The third-order valence-electron chi connectivity index (χ3n) is 3.88. The topological polar surface area (TPSA) is 74.7 Å². The van der Waals surface area contributed by atoms with E-state index >= 15 is 0 Å². The van der Waals surface area contributed by atoms with Crippen molar-refractivity contribution in [1.29, 1.82) is 0 Å². The lowest BCUT2D eigenvalue weighted by Gasteiger charge is -2.26. The summed E-state index contributed by atoms with van der Waals surface area (Å²) in [4.78, 5) is 6.58. The molecule has 0 saturated heterocycles. The average Bonchev–Trinajstić information content (AvgIpc) is 3.32. The summed E-state index contributed by atoms with van der Waals surface area (Å²) >= 11 is 0. The largest absolute Gasteiger partial charge is 0.409 e. The molecule has 0 radical (unpaired) electrons. The number of nitrogens with zero attached hydrogens (tertiary/aromatic N) is 3. The molecule has 1 heterocycles. The standard InChI is InChI=1S/C14H20N4O/c15-14(17-19)12-5-6-16-7-13(12)18(8-10-1-2-10)9-11-3-4-11/h5-7,10-11,19H,1-4,8-9H2,(H2,15,17). The number of nitrogens with two attached hydrogens (primary N) is 1. The van der Waals surface area contributed by atoms with Crippen LogP contribution in [0.4, 0.5) is 5.69 Å². The average molecular weight is 260 g/mol. The Morgan fingerprint density at radius 3 is 2.47 bits per heavy atom. The third-order valence-corrected chi connectivity index (χ3v) is 3.88. The highest BCUT2D eigenvalue weighted by Gasteiger charge is 2.30. The first-order chi connectivity index (χ1) is 9.28. The predicted molar refractivity (Wildman–Crippen MR) is 74.4 cm³/mol. The van der Waals surface area contributed by atoms with E-state index in [4.69, 9.17) is 10.9 Å². The zero-order chi connectivity index (χ0) is 13.2. The van der Waals surface area contributed by atoms with Crippen LogP contribution < -0.4 is 10.6 Å². The summed E-state index contributed by atoms with van der Waals surface area (Å²) in [5.74, 6) is 1.77. The van der Waals surface area contributed by atoms with Crippen molar-refractivity contribution in [3.05, 3.63) is 24.0 Å². The van der Waals surface area contributed by atoms with E-state index in [0.29, 0.717) is 0 Å². The molecule has 0 unspecified atom stereocenters. The number of hydrogen-bond acceptors (Lipinski definition) is 4. The van der Waals surface area contributed by atoms with Crippen LogP contribution in [0.3, 0.4) is 0 Å². The smallest absolute Gasteiger partial charge is 0.172 e. The molecular formula is C14H20N4O. The molecule has 1 aromatic heterocycles. The lowest BCUT2D eigenvalue weighted by atomic mass is 10.1. The minimum absolute atomic E-state index is 0.161. The molecule has 2 aliphatic rings. The number of anilines is 1. The first kappa shape index (κ1) is 12.3. The van der Waals surface area contributed by atoms with Crippen molar-refractivity contribution in [2.75, 3.05) is 18.0 Å². The molecule has 3 N–H and O–H groups in total. The van der Waals surface area contributed by atoms with Crippen LogP contribution >= 0.6 is 0 Å². The van der Waals surface area contributed by atoms with Crippen molar-refractivity contribution in [2.24, 2.45) is 22.7 Å². The van der Waals surface area contributed by atoms with Gasteiger partial charge in [-0.25, -0.2) is 0 Å². The highest BCUT2D eigenvalue weighted by Crippen LogP contribution is 2.36. The highest BCUT2D eigenvalue weighted by atomic mass is 16.4. The number of amidine groups is 1. The van der Waals surface area contributed by atoms with Gasteiger partial charge in [0.25, 0.3) is 0 Å².